The van der Waals surface area contributed by atoms with E-state index in [2.05, 4.69) is 18.4 Å². The second-order valence-electron chi connectivity index (χ2n) is 12.1. The Morgan fingerprint density at radius 3 is 2.35 bits per heavy atom. The average molecular weight is 527 g/mol. The van der Waals surface area contributed by atoms with Crippen LogP contribution in [0.5, 0.6) is 0 Å². The first-order valence-electron chi connectivity index (χ1n) is 13.3. The van der Waals surface area contributed by atoms with Gasteiger partial charge >= 0.3 is 5.97 Å². The minimum absolute atomic E-state index is 0.115. The average Bonchev–Trinajstić information content (AvgIpc) is 2.82. The minimum Gasteiger partial charge on any atom is -0.463 e. The fourth-order valence-electron chi connectivity index (χ4n) is 5.81. The molecule has 2 fully saturated rings. The van der Waals surface area contributed by atoms with Crippen molar-refractivity contribution in [1.29, 1.82) is 0 Å². The monoisotopic (exact) mass is 526 g/mol. The molecular formula is C28H50N2O7. The van der Waals surface area contributed by atoms with Crippen LogP contribution in [0.3, 0.4) is 0 Å². The number of rotatable bonds is 5. The molecule has 0 aliphatic carbocycles. The maximum atomic E-state index is 13.9. The van der Waals surface area contributed by atoms with Crippen LogP contribution in [0.2, 0.25) is 0 Å². The van der Waals surface area contributed by atoms with Gasteiger partial charge in [0.1, 0.15) is 18.1 Å². The van der Waals surface area contributed by atoms with E-state index >= 15 is 0 Å². The van der Waals surface area contributed by atoms with Gasteiger partial charge in [0.25, 0.3) is 0 Å². The fourth-order valence-corrected chi connectivity index (χ4v) is 5.81. The van der Waals surface area contributed by atoms with Gasteiger partial charge in [-0.1, -0.05) is 19.9 Å². The van der Waals surface area contributed by atoms with Crippen LogP contribution < -0.4 is 0 Å². The minimum atomic E-state index is -1.41. The van der Waals surface area contributed by atoms with Gasteiger partial charge in [-0.05, 0) is 67.6 Å². The summed E-state index contributed by atoms with van der Waals surface area (Å²) < 4.78 is 24.3. The normalized spacial score (nSPS) is 40.9. The molecule has 9 nitrogen and oxygen atoms in total. The first kappa shape index (κ1) is 31.9. The fraction of sp³-hybridized carbons (Fsp3) is 0.857. The van der Waals surface area contributed by atoms with Crippen LogP contribution in [-0.4, -0.2) is 110 Å². The molecular weight excluding hydrogens is 476 g/mol. The zero-order chi connectivity index (χ0) is 28.3. The van der Waals surface area contributed by atoms with Gasteiger partial charge in [0, 0.05) is 25.6 Å². The zero-order valence-corrected chi connectivity index (χ0v) is 24.5. The molecule has 0 aromatic rings. The van der Waals surface area contributed by atoms with Crippen molar-refractivity contribution >= 4 is 11.8 Å². The Balaban J connectivity index is 2.54. The predicted octanol–water partition coefficient (Wildman–Crippen LogP) is 2.50. The van der Waals surface area contributed by atoms with Gasteiger partial charge < -0.3 is 29.0 Å². The van der Waals surface area contributed by atoms with Crippen molar-refractivity contribution in [3.63, 3.8) is 0 Å². The van der Waals surface area contributed by atoms with E-state index in [9.17, 15) is 14.7 Å². The topological polar surface area (TPSA) is 97.8 Å². The number of ether oxygens (including phenoxy) is 4. The Bertz CT molecular complexity index is 803. The van der Waals surface area contributed by atoms with Crippen molar-refractivity contribution in [2.75, 3.05) is 41.4 Å². The molecule has 0 aromatic heterocycles. The summed E-state index contributed by atoms with van der Waals surface area (Å²) in [5.74, 6) is -1.52. The van der Waals surface area contributed by atoms with Crippen LogP contribution in [0.1, 0.15) is 54.4 Å². The lowest BCUT2D eigenvalue weighted by Crippen LogP contribution is -2.59. The lowest BCUT2D eigenvalue weighted by atomic mass is 9.74. The molecule has 0 bridgehead atoms. The molecule has 2 aliphatic heterocycles. The van der Waals surface area contributed by atoms with Crippen LogP contribution in [0.25, 0.3) is 0 Å². The van der Waals surface area contributed by atoms with Gasteiger partial charge in [-0.15, -0.1) is 6.58 Å². The maximum Gasteiger partial charge on any atom is 0.319 e. The highest BCUT2D eigenvalue weighted by Gasteiger charge is 2.51. The molecule has 0 radical (unpaired) electrons. The van der Waals surface area contributed by atoms with E-state index in [4.69, 9.17) is 18.9 Å². The molecule has 2 heterocycles. The van der Waals surface area contributed by atoms with Crippen molar-refractivity contribution in [3.8, 4) is 0 Å². The van der Waals surface area contributed by atoms with Crippen molar-refractivity contribution < 1.29 is 33.6 Å². The van der Waals surface area contributed by atoms with E-state index in [1.165, 1.54) is 0 Å². The summed E-state index contributed by atoms with van der Waals surface area (Å²) >= 11 is 0. The largest absolute Gasteiger partial charge is 0.463 e. The Kier molecular flexibility index (Phi) is 10.9. The van der Waals surface area contributed by atoms with Gasteiger partial charge in [-0.3, -0.25) is 14.5 Å². The highest BCUT2D eigenvalue weighted by atomic mass is 16.7. The number of likely N-dealkylation sites (N-methyl/N-ethyl adjacent to an activating group) is 2. The number of esters is 1. The molecule has 37 heavy (non-hydrogen) atoms. The molecule has 1 N–H and O–H groups in total. The van der Waals surface area contributed by atoms with Crippen LogP contribution in [0.15, 0.2) is 12.7 Å². The molecule has 0 unspecified atom stereocenters. The third kappa shape index (κ3) is 7.19. The number of aliphatic hydroxyl groups is 1. The summed E-state index contributed by atoms with van der Waals surface area (Å²) in [4.78, 5) is 31.0. The number of carbonyl (C=O) groups excluding carboxylic acids is 2. The molecule has 214 valence electrons. The van der Waals surface area contributed by atoms with Gasteiger partial charge in [0.15, 0.2) is 12.1 Å². The van der Waals surface area contributed by atoms with Gasteiger partial charge in [0.05, 0.1) is 23.9 Å². The maximum absolute atomic E-state index is 13.9. The van der Waals surface area contributed by atoms with E-state index in [1.807, 2.05) is 39.9 Å². The van der Waals surface area contributed by atoms with E-state index in [1.54, 1.807) is 34.0 Å². The quantitative estimate of drug-likeness (QED) is 0.329. The molecule has 0 saturated carbocycles. The highest BCUT2D eigenvalue weighted by Crippen LogP contribution is 2.38. The smallest absolute Gasteiger partial charge is 0.319 e. The number of hydrogen-bond acceptors (Lipinski definition) is 9. The number of nitrogens with zero attached hydrogens (tertiary/aromatic N) is 2. The Morgan fingerprint density at radius 2 is 1.81 bits per heavy atom. The zero-order valence-electron chi connectivity index (χ0n) is 24.5. The van der Waals surface area contributed by atoms with E-state index in [0.29, 0.717) is 19.4 Å². The lowest BCUT2D eigenvalue weighted by Gasteiger charge is -2.47. The van der Waals surface area contributed by atoms with Gasteiger partial charge in [-0.25, -0.2) is 0 Å². The Labute approximate surface area is 223 Å². The van der Waals surface area contributed by atoms with E-state index in [-0.39, 0.29) is 36.5 Å². The standard InChI is InChI=1S/C28H50N2O7/c1-12-20-16-35-26(33)27(5,6)23(32)19(4)24(28(7,34-11)14-17(2)15-30(20)10)37-25-22(31)21(29(8)9)13-18(3)36-25/h12,17-22,24-25,31H,1,13-16H2,2-11H3/t17-,18-,19+,20-,21+,22-,24-,25+,28-/m1/s1. The molecule has 9 heteroatoms. The highest BCUT2D eigenvalue weighted by molar-refractivity contribution is 6.04. The third-order valence-electron chi connectivity index (χ3n) is 8.20. The third-order valence-corrected chi connectivity index (χ3v) is 8.20. The first-order valence-corrected chi connectivity index (χ1v) is 13.3. The van der Waals surface area contributed by atoms with E-state index in [0.717, 1.165) is 0 Å². The van der Waals surface area contributed by atoms with Crippen molar-refractivity contribution in [3.05, 3.63) is 12.7 Å². The molecule has 2 saturated heterocycles. The first-order chi connectivity index (χ1) is 17.1. The van der Waals surface area contributed by atoms with Crippen molar-refractivity contribution in [2.45, 2.75) is 96.7 Å². The van der Waals surface area contributed by atoms with Gasteiger partial charge in [-0.2, -0.15) is 0 Å². The number of Topliss-reactive ketones (excluding diaryl/α,β-unsaturated/α-hetero) is 1. The van der Waals surface area contributed by atoms with Crippen LogP contribution >= 0.6 is 0 Å². The molecule has 0 amide bonds. The number of ketones is 1. The summed E-state index contributed by atoms with van der Waals surface area (Å²) in [5, 5.41) is 11.2. The second kappa shape index (κ2) is 12.7. The van der Waals surface area contributed by atoms with Crippen LogP contribution in [0.4, 0.5) is 0 Å². The number of aliphatic hydroxyl groups excluding tert-OH is 1. The molecule has 9 atom stereocenters. The summed E-state index contributed by atoms with van der Waals surface area (Å²) in [6.07, 6.45) is 0.155. The van der Waals surface area contributed by atoms with Gasteiger partial charge in [0.2, 0.25) is 0 Å². The predicted molar refractivity (Wildman–Crippen MR) is 142 cm³/mol. The van der Waals surface area contributed by atoms with Crippen molar-refractivity contribution in [2.24, 2.45) is 17.3 Å². The number of methoxy groups -OCH3 is 1. The lowest BCUT2D eigenvalue weighted by molar-refractivity contribution is -0.295. The second-order valence-corrected chi connectivity index (χ2v) is 12.1. The van der Waals surface area contributed by atoms with Crippen LogP contribution in [0, 0.1) is 17.3 Å². The molecule has 2 aliphatic rings. The molecule has 0 aromatic carbocycles. The molecule has 2 rings (SSSR count). The number of carbonyl (C=O) groups is 2. The summed E-state index contributed by atoms with van der Waals surface area (Å²) in [5.41, 5.74) is -2.32. The summed E-state index contributed by atoms with van der Waals surface area (Å²) in [6.45, 7) is 15.6. The van der Waals surface area contributed by atoms with E-state index < -0.39 is 41.4 Å². The SMILES string of the molecule is C=C[C@@H]1COC(=O)C(C)(C)C(=O)[C@H](C)[C@@H](O[C@@H]2O[C@H](C)C[C@H](N(C)C)[C@H]2O)[C@](C)(OC)C[C@@H](C)CN1C. The van der Waals surface area contributed by atoms with Crippen molar-refractivity contribution in [1.82, 2.24) is 9.80 Å². The Morgan fingerprint density at radius 1 is 1.19 bits per heavy atom. The van der Waals surface area contributed by atoms with Crippen LogP contribution in [-0.2, 0) is 28.5 Å². The number of cyclic esters (lactones) is 1. The Hall–Kier alpha value is -1.36. The summed E-state index contributed by atoms with van der Waals surface area (Å²) in [7, 11) is 7.40. The molecule has 0 spiro atoms. The number of hydrogen-bond donors (Lipinski definition) is 1. The summed E-state index contributed by atoms with van der Waals surface area (Å²) in [6, 6.07) is -0.357.